The number of nitrogens with zero attached hydrogens (tertiary/aromatic N) is 5. The maximum atomic E-state index is 13.4. The number of carbonyl (C=O) groups is 1. The van der Waals surface area contributed by atoms with Crippen LogP contribution in [-0.2, 0) is 17.9 Å². The van der Waals surface area contributed by atoms with Gasteiger partial charge < -0.3 is 9.88 Å². The van der Waals surface area contributed by atoms with Gasteiger partial charge in [0.15, 0.2) is 10.3 Å². The quantitative estimate of drug-likeness (QED) is 0.375. The molecular formula is C23H23FN6OS2. The van der Waals surface area contributed by atoms with Crippen LogP contribution < -0.4 is 5.32 Å². The Labute approximate surface area is 199 Å². The Morgan fingerprint density at radius 3 is 2.73 bits per heavy atom. The summed E-state index contributed by atoms with van der Waals surface area (Å²) in [6.07, 6.45) is 2.43. The third-order valence-corrected chi connectivity index (χ3v) is 7.37. The lowest BCUT2D eigenvalue weighted by molar-refractivity contribution is -0.113. The fourth-order valence-corrected chi connectivity index (χ4v) is 5.51. The third-order valence-electron chi connectivity index (χ3n) is 5.47. The molecule has 0 radical (unpaired) electrons. The van der Waals surface area contributed by atoms with E-state index < -0.39 is 0 Å². The number of thiazole rings is 1. The molecule has 0 saturated carbocycles. The van der Waals surface area contributed by atoms with E-state index in [1.807, 2.05) is 18.2 Å². The van der Waals surface area contributed by atoms with Crippen LogP contribution in [0.1, 0.15) is 24.2 Å². The number of benzene rings is 2. The molecule has 1 aliphatic heterocycles. The molecule has 2 aromatic heterocycles. The molecule has 1 N–H and O–H groups in total. The average molecular weight is 483 g/mol. The molecule has 0 atom stereocenters. The second-order valence-electron chi connectivity index (χ2n) is 7.92. The lowest BCUT2D eigenvalue weighted by Crippen LogP contribution is -2.22. The molecule has 7 nitrogen and oxygen atoms in total. The van der Waals surface area contributed by atoms with Gasteiger partial charge in [0.1, 0.15) is 11.6 Å². The molecule has 1 amide bonds. The standard InChI is InChI=1S/C23H23FN6OS2/c24-17-8-9-18-19(12-17)33-22(25-18)26-21(31)15-32-23-28-27-20(14-29-10-4-5-11-29)30(23)13-16-6-2-1-3-7-16/h1-3,6-9,12H,4-5,10-11,13-15H2,(H,25,26,31). The molecule has 0 unspecified atom stereocenters. The first-order chi connectivity index (χ1) is 16.1. The Balaban J connectivity index is 1.28. The number of likely N-dealkylation sites (tertiary alicyclic amines) is 1. The van der Waals surface area contributed by atoms with E-state index in [1.54, 1.807) is 6.07 Å². The normalized spacial score (nSPS) is 14.2. The molecule has 0 spiro atoms. The van der Waals surface area contributed by atoms with Gasteiger partial charge in [0.05, 0.1) is 29.1 Å². The smallest absolute Gasteiger partial charge is 0.236 e. The van der Waals surface area contributed by atoms with Crippen LogP contribution in [0.25, 0.3) is 10.2 Å². The van der Waals surface area contributed by atoms with Crippen molar-refractivity contribution in [2.45, 2.75) is 31.1 Å². The fraction of sp³-hybridized carbons (Fsp3) is 0.304. The van der Waals surface area contributed by atoms with Crippen LogP contribution in [0.5, 0.6) is 0 Å². The number of hydrogen-bond donors (Lipinski definition) is 1. The van der Waals surface area contributed by atoms with Crippen LogP contribution in [-0.4, -0.2) is 49.4 Å². The van der Waals surface area contributed by atoms with Gasteiger partial charge >= 0.3 is 0 Å². The van der Waals surface area contributed by atoms with Crippen molar-refractivity contribution in [3.8, 4) is 0 Å². The highest BCUT2D eigenvalue weighted by molar-refractivity contribution is 7.99. The fourth-order valence-electron chi connectivity index (χ4n) is 3.85. The number of aromatic nitrogens is 4. The Kier molecular flexibility index (Phi) is 6.65. The number of amides is 1. The summed E-state index contributed by atoms with van der Waals surface area (Å²) in [5.41, 5.74) is 1.83. The van der Waals surface area contributed by atoms with E-state index in [0.717, 1.165) is 36.2 Å². The molecule has 33 heavy (non-hydrogen) atoms. The van der Waals surface area contributed by atoms with E-state index in [4.69, 9.17) is 0 Å². The topological polar surface area (TPSA) is 75.9 Å². The highest BCUT2D eigenvalue weighted by Crippen LogP contribution is 2.27. The molecule has 10 heteroatoms. The molecule has 1 saturated heterocycles. The van der Waals surface area contributed by atoms with Gasteiger partial charge in [-0.15, -0.1) is 10.2 Å². The van der Waals surface area contributed by atoms with E-state index in [-0.39, 0.29) is 17.5 Å². The maximum absolute atomic E-state index is 13.4. The van der Waals surface area contributed by atoms with Gasteiger partial charge in [-0.25, -0.2) is 9.37 Å². The first kappa shape index (κ1) is 22.0. The lowest BCUT2D eigenvalue weighted by Gasteiger charge is -2.16. The summed E-state index contributed by atoms with van der Waals surface area (Å²) in [7, 11) is 0. The van der Waals surface area contributed by atoms with E-state index in [0.29, 0.717) is 21.9 Å². The zero-order chi connectivity index (χ0) is 22.6. The van der Waals surface area contributed by atoms with Crippen molar-refractivity contribution in [1.29, 1.82) is 0 Å². The molecular weight excluding hydrogens is 459 g/mol. The van der Waals surface area contributed by atoms with Gasteiger partial charge in [0.25, 0.3) is 0 Å². The summed E-state index contributed by atoms with van der Waals surface area (Å²) in [5, 5.41) is 12.8. The molecule has 2 aromatic carbocycles. The van der Waals surface area contributed by atoms with Gasteiger partial charge in [-0.05, 0) is 49.7 Å². The maximum Gasteiger partial charge on any atom is 0.236 e. The summed E-state index contributed by atoms with van der Waals surface area (Å²) >= 11 is 2.61. The van der Waals surface area contributed by atoms with Crippen molar-refractivity contribution < 1.29 is 9.18 Å². The molecule has 0 bridgehead atoms. The molecule has 1 fully saturated rings. The van der Waals surface area contributed by atoms with E-state index >= 15 is 0 Å². The molecule has 3 heterocycles. The Morgan fingerprint density at radius 2 is 1.91 bits per heavy atom. The van der Waals surface area contributed by atoms with Gasteiger partial charge in [-0.2, -0.15) is 0 Å². The zero-order valence-electron chi connectivity index (χ0n) is 17.9. The minimum atomic E-state index is -0.318. The van der Waals surface area contributed by atoms with Crippen molar-refractivity contribution in [1.82, 2.24) is 24.6 Å². The number of hydrogen-bond acceptors (Lipinski definition) is 7. The molecule has 170 valence electrons. The van der Waals surface area contributed by atoms with Crippen LogP contribution in [0.2, 0.25) is 0 Å². The number of anilines is 1. The van der Waals surface area contributed by atoms with Gasteiger partial charge in [0.2, 0.25) is 5.91 Å². The van der Waals surface area contributed by atoms with Crippen molar-refractivity contribution in [3.05, 3.63) is 65.7 Å². The third kappa shape index (κ3) is 5.40. The van der Waals surface area contributed by atoms with Crippen molar-refractivity contribution >= 4 is 44.4 Å². The predicted octanol–water partition coefficient (Wildman–Crippen LogP) is 4.40. The minimum Gasteiger partial charge on any atom is -0.301 e. The van der Waals surface area contributed by atoms with E-state index in [9.17, 15) is 9.18 Å². The van der Waals surface area contributed by atoms with E-state index in [1.165, 1.54) is 48.1 Å². The Morgan fingerprint density at radius 1 is 1.09 bits per heavy atom. The summed E-state index contributed by atoms with van der Waals surface area (Å²) in [6.45, 7) is 3.57. The summed E-state index contributed by atoms with van der Waals surface area (Å²) in [6, 6.07) is 14.6. The number of nitrogens with one attached hydrogen (secondary N) is 1. The second-order valence-corrected chi connectivity index (χ2v) is 9.89. The second kappa shape index (κ2) is 9.98. The minimum absolute atomic E-state index is 0.181. The van der Waals surface area contributed by atoms with Gasteiger partial charge in [-0.1, -0.05) is 53.4 Å². The summed E-state index contributed by atoms with van der Waals surface area (Å²) in [4.78, 5) is 19.3. The van der Waals surface area contributed by atoms with Crippen LogP contribution in [0.4, 0.5) is 9.52 Å². The van der Waals surface area contributed by atoms with Crippen LogP contribution >= 0.6 is 23.1 Å². The zero-order valence-corrected chi connectivity index (χ0v) is 19.5. The number of thioether (sulfide) groups is 1. The van der Waals surface area contributed by atoms with Crippen LogP contribution in [0, 0.1) is 5.82 Å². The van der Waals surface area contributed by atoms with Crippen molar-refractivity contribution in [3.63, 3.8) is 0 Å². The highest BCUT2D eigenvalue weighted by atomic mass is 32.2. The largest absolute Gasteiger partial charge is 0.301 e. The summed E-state index contributed by atoms with van der Waals surface area (Å²) < 4.78 is 16.2. The highest BCUT2D eigenvalue weighted by Gasteiger charge is 2.19. The lowest BCUT2D eigenvalue weighted by atomic mass is 10.2. The molecule has 5 rings (SSSR count). The molecule has 4 aromatic rings. The Hall–Kier alpha value is -2.82. The molecule has 1 aliphatic rings. The first-order valence-electron chi connectivity index (χ1n) is 10.8. The number of carbonyl (C=O) groups excluding carboxylic acids is 1. The predicted molar refractivity (Wildman–Crippen MR) is 129 cm³/mol. The monoisotopic (exact) mass is 482 g/mol. The number of halogens is 1. The van der Waals surface area contributed by atoms with Gasteiger partial charge in [0, 0.05) is 0 Å². The Bertz CT molecular complexity index is 1250. The average Bonchev–Trinajstić information content (AvgIpc) is 3.54. The van der Waals surface area contributed by atoms with Crippen LogP contribution in [0.15, 0.2) is 53.7 Å². The van der Waals surface area contributed by atoms with Gasteiger partial charge in [-0.3, -0.25) is 9.69 Å². The number of rotatable bonds is 8. The van der Waals surface area contributed by atoms with Crippen molar-refractivity contribution in [2.24, 2.45) is 0 Å². The SMILES string of the molecule is O=C(CSc1nnc(CN2CCCC2)n1Cc1ccccc1)Nc1nc2ccc(F)cc2s1. The first-order valence-corrected chi connectivity index (χ1v) is 12.6. The van der Waals surface area contributed by atoms with Crippen LogP contribution in [0.3, 0.4) is 0 Å². The molecule has 0 aliphatic carbocycles. The number of fused-ring (bicyclic) bond motifs is 1. The van der Waals surface area contributed by atoms with E-state index in [2.05, 4.69) is 42.1 Å². The summed E-state index contributed by atoms with van der Waals surface area (Å²) in [5.74, 6) is 0.592. The van der Waals surface area contributed by atoms with Crippen molar-refractivity contribution in [2.75, 3.05) is 24.2 Å².